The predicted molar refractivity (Wildman–Crippen MR) is 86.3 cm³/mol. The Morgan fingerprint density at radius 2 is 2.04 bits per heavy atom. The lowest BCUT2D eigenvalue weighted by Gasteiger charge is -1.99. The molecule has 1 aromatic carbocycles. The van der Waals surface area contributed by atoms with Gasteiger partial charge in [0.25, 0.3) is 11.5 Å². The van der Waals surface area contributed by atoms with Gasteiger partial charge in [-0.1, -0.05) is 36.3 Å². The number of aromatic nitrogens is 2. The van der Waals surface area contributed by atoms with Gasteiger partial charge in [0.2, 0.25) is 5.88 Å². The summed E-state index contributed by atoms with van der Waals surface area (Å²) in [6.07, 6.45) is 2.43. The number of carbonyl (C=O) groups is 1. The number of benzene rings is 1. The zero-order valence-electron chi connectivity index (χ0n) is 12.5. The Balaban J connectivity index is 1.78. The molecule has 0 spiro atoms. The van der Waals surface area contributed by atoms with Crippen LogP contribution in [0.15, 0.2) is 58.0 Å². The first kappa shape index (κ1) is 14.8. The summed E-state index contributed by atoms with van der Waals surface area (Å²) in [6.45, 7) is 2.09. The monoisotopic (exact) mass is 309 g/mol. The fourth-order valence-electron chi connectivity index (χ4n) is 2.16. The molecular formula is C17H15N3O3. The molecule has 0 saturated carbocycles. The first-order valence-electron chi connectivity index (χ1n) is 7.22. The normalized spacial score (nSPS) is 10.5. The van der Waals surface area contributed by atoms with Gasteiger partial charge in [0, 0.05) is 17.8 Å². The van der Waals surface area contributed by atoms with Crippen molar-refractivity contribution in [2.45, 2.75) is 13.3 Å². The van der Waals surface area contributed by atoms with Crippen LogP contribution in [0.1, 0.15) is 22.8 Å². The summed E-state index contributed by atoms with van der Waals surface area (Å²) in [5.74, 6) is -0.358. The molecule has 0 fully saturated rings. The van der Waals surface area contributed by atoms with Crippen LogP contribution in [-0.4, -0.2) is 16.0 Å². The van der Waals surface area contributed by atoms with E-state index < -0.39 is 11.5 Å². The Labute approximate surface area is 132 Å². The smallest absolute Gasteiger partial charge is 0.263 e. The number of hydrogen-bond donors (Lipinski definition) is 2. The summed E-state index contributed by atoms with van der Waals surface area (Å²) in [7, 11) is 0. The van der Waals surface area contributed by atoms with Gasteiger partial charge in [0.15, 0.2) is 0 Å². The average molecular weight is 309 g/mol. The van der Waals surface area contributed by atoms with E-state index in [1.165, 1.54) is 17.8 Å². The Morgan fingerprint density at radius 1 is 1.26 bits per heavy atom. The van der Waals surface area contributed by atoms with E-state index in [1.54, 1.807) is 12.1 Å². The van der Waals surface area contributed by atoms with Crippen LogP contribution >= 0.6 is 0 Å². The molecule has 3 aromatic rings. The number of aromatic amines is 1. The van der Waals surface area contributed by atoms with E-state index in [2.05, 4.69) is 22.4 Å². The zero-order valence-corrected chi connectivity index (χ0v) is 12.5. The molecule has 23 heavy (non-hydrogen) atoms. The maximum absolute atomic E-state index is 12.0. The summed E-state index contributed by atoms with van der Waals surface area (Å²) in [5, 5.41) is 6.46. The third kappa shape index (κ3) is 3.21. The highest BCUT2D eigenvalue weighted by Crippen LogP contribution is 2.22. The number of amides is 1. The van der Waals surface area contributed by atoms with Crippen molar-refractivity contribution in [1.82, 2.24) is 10.1 Å². The lowest BCUT2D eigenvalue weighted by atomic mass is 10.1. The average Bonchev–Trinajstić information content (AvgIpc) is 3.03. The van der Waals surface area contributed by atoms with Gasteiger partial charge in [-0.25, -0.2) is 0 Å². The van der Waals surface area contributed by atoms with Gasteiger partial charge < -0.3 is 9.51 Å². The largest absolute Gasteiger partial charge is 0.338 e. The zero-order chi connectivity index (χ0) is 16.2. The van der Waals surface area contributed by atoms with Crippen LogP contribution in [-0.2, 0) is 6.42 Å². The fourth-order valence-corrected chi connectivity index (χ4v) is 2.16. The molecule has 0 atom stereocenters. The van der Waals surface area contributed by atoms with E-state index in [9.17, 15) is 9.59 Å². The quantitative estimate of drug-likeness (QED) is 0.775. The molecule has 6 nitrogen and oxygen atoms in total. The molecule has 2 N–H and O–H groups in total. The molecule has 2 aromatic heterocycles. The van der Waals surface area contributed by atoms with E-state index in [4.69, 9.17) is 4.52 Å². The lowest BCUT2D eigenvalue weighted by Crippen LogP contribution is -2.22. The molecular weight excluding hydrogens is 294 g/mol. The molecule has 0 aliphatic carbocycles. The van der Waals surface area contributed by atoms with Crippen molar-refractivity contribution < 1.29 is 9.32 Å². The van der Waals surface area contributed by atoms with Crippen LogP contribution in [0.25, 0.3) is 11.3 Å². The Hall–Kier alpha value is -3.15. The third-order valence-corrected chi connectivity index (χ3v) is 3.47. The molecule has 0 aliphatic rings. The standard InChI is InChI=1S/C17H15N3O3/c1-2-11-5-7-12(8-6-11)14-10-15(23-20-14)19-17(22)13-4-3-9-18-16(13)21/h3-10H,2H2,1H3,(H,18,21)(H,19,22). The predicted octanol–water partition coefficient (Wildman–Crippen LogP) is 2.84. The Kier molecular flexibility index (Phi) is 4.05. The van der Waals surface area contributed by atoms with Crippen molar-refractivity contribution in [3.05, 3.63) is 70.1 Å². The number of aryl methyl sites for hydroxylation is 1. The molecule has 116 valence electrons. The van der Waals surface area contributed by atoms with Gasteiger partial charge >= 0.3 is 0 Å². The summed E-state index contributed by atoms with van der Waals surface area (Å²) in [4.78, 5) is 26.1. The van der Waals surface area contributed by atoms with Crippen LogP contribution in [0.5, 0.6) is 0 Å². The van der Waals surface area contributed by atoms with Crippen LogP contribution in [0.2, 0.25) is 0 Å². The van der Waals surface area contributed by atoms with Crippen molar-refractivity contribution in [2.24, 2.45) is 0 Å². The molecule has 0 bridgehead atoms. The number of carbonyl (C=O) groups excluding carboxylic acids is 1. The SMILES string of the molecule is CCc1ccc(-c2cc(NC(=O)c3ccc[nH]c3=O)on2)cc1. The number of H-pyrrole nitrogens is 1. The third-order valence-electron chi connectivity index (χ3n) is 3.47. The first-order valence-corrected chi connectivity index (χ1v) is 7.22. The molecule has 6 heteroatoms. The molecule has 0 aliphatic heterocycles. The van der Waals surface area contributed by atoms with Crippen molar-refractivity contribution in [2.75, 3.05) is 5.32 Å². The summed E-state index contributed by atoms with van der Waals surface area (Å²) >= 11 is 0. The van der Waals surface area contributed by atoms with Gasteiger partial charge in [-0.15, -0.1) is 0 Å². The van der Waals surface area contributed by atoms with Gasteiger partial charge in [0.1, 0.15) is 11.3 Å². The maximum Gasteiger partial charge on any atom is 0.263 e. The van der Waals surface area contributed by atoms with Crippen LogP contribution < -0.4 is 10.9 Å². The number of rotatable bonds is 4. The number of anilines is 1. The Bertz CT molecular complexity index is 878. The molecule has 0 unspecified atom stereocenters. The molecule has 1 amide bonds. The van der Waals surface area contributed by atoms with Crippen molar-refractivity contribution in [3.63, 3.8) is 0 Å². The van der Waals surface area contributed by atoms with E-state index >= 15 is 0 Å². The topological polar surface area (TPSA) is 88.0 Å². The van der Waals surface area contributed by atoms with E-state index in [0.29, 0.717) is 5.69 Å². The molecule has 0 saturated heterocycles. The van der Waals surface area contributed by atoms with Gasteiger partial charge in [-0.05, 0) is 24.1 Å². The minimum Gasteiger partial charge on any atom is -0.338 e. The highest BCUT2D eigenvalue weighted by atomic mass is 16.5. The fraction of sp³-hybridized carbons (Fsp3) is 0.118. The van der Waals surface area contributed by atoms with Crippen LogP contribution in [0.3, 0.4) is 0 Å². The molecule has 0 radical (unpaired) electrons. The minimum atomic E-state index is -0.545. The highest BCUT2D eigenvalue weighted by molar-refractivity contribution is 6.03. The van der Waals surface area contributed by atoms with Crippen molar-refractivity contribution in [3.8, 4) is 11.3 Å². The summed E-state index contributed by atoms with van der Waals surface area (Å²) < 4.78 is 5.11. The van der Waals surface area contributed by atoms with Gasteiger partial charge in [-0.3, -0.25) is 14.9 Å². The van der Waals surface area contributed by atoms with E-state index in [1.807, 2.05) is 24.3 Å². The van der Waals surface area contributed by atoms with Crippen LogP contribution in [0, 0.1) is 0 Å². The van der Waals surface area contributed by atoms with Crippen LogP contribution in [0.4, 0.5) is 5.88 Å². The summed E-state index contributed by atoms with van der Waals surface area (Å²) in [5.41, 5.74) is 2.29. The lowest BCUT2D eigenvalue weighted by molar-refractivity contribution is 0.102. The van der Waals surface area contributed by atoms with Gasteiger partial charge in [-0.2, -0.15) is 0 Å². The van der Waals surface area contributed by atoms with E-state index in [-0.39, 0.29) is 11.4 Å². The second kappa shape index (κ2) is 6.31. The first-order chi connectivity index (χ1) is 11.2. The van der Waals surface area contributed by atoms with Crippen molar-refractivity contribution >= 4 is 11.8 Å². The molecule has 3 rings (SSSR count). The Morgan fingerprint density at radius 3 is 2.74 bits per heavy atom. The number of nitrogens with zero attached hydrogens (tertiary/aromatic N) is 1. The summed E-state index contributed by atoms with van der Waals surface area (Å²) in [6, 6.07) is 12.6. The second-order valence-corrected chi connectivity index (χ2v) is 4.99. The van der Waals surface area contributed by atoms with Crippen molar-refractivity contribution in [1.29, 1.82) is 0 Å². The minimum absolute atomic E-state index is 0.0118. The van der Waals surface area contributed by atoms with E-state index in [0.717, 1.165) is 12.0 Å². The second-order valence-electron chi connectivity index (χ2n) is 4.99. The number of pyridine rings is 1. The maximum atomic E-state index is 12.0. The highest BCUT2D eigenvalue weighted by Gasteiger charge is 2.13. The number of nitrogens with one attached hydrogen (secondary N) is 2. The van der Waals surface area contributed by atoms with Gasteiger partial charge in [0.05, 0.1) is 0 Å². The number of hydrogen-bond acceptors (Lipinski definition) is 4. The molecule has 2 heterocycles.